The van der Waals surface area contributed by atoms with Gasteiger partial charge in [0.05, 0.1) is 0 Å². The zero-order valence-electron chi connectivity index (χ0n) is 14.2. The molecular weight excluding hydrogens is 232 g/mol. The summed E-state index contributed by atoms with van der Waals surface area (Å²) in [6.07, 6.45) is 8.07. The summed E-state index contributed by atoms with van der Waals surface area (Å²) in [5.41, 5.74) is 0. The van der Waals surface area contributed by atoms with Gasteiger partial charge in [0.25, 0.3) is 0 Å². The zero-order chi connectivity index (χ0) is 14.5. The van der Waals surface area contributed by atoms with Gasteiger partial charge < -0.3 is 10.2 Å². The van der Waals surface area contributed by atoms with E-state index >= 15 is 0 Å². The van der Waals surface area contributed by atoms with Crippen LogP contribution in [0.5, 0.6) is 0 Å². The first kappa shape index (κ1) is 18.9. The first-order valence-corrected chi connectivity index (χ1v) is 8.60. The molecule has 0 aliphatic heterocycles. The van der Waals surface area contributed by atoms with Crippen molar-refractivity contribution in [2.45, 2.75) is 79.2 Å². The molecule has 0 saturated carbocycles. The molecule has 0 aliphatic rings. The van der Waals surface area contributed by atoms with Crippen molar-refractivity contribution in [2.75, 3.05) is 26.2 Å². The molecule has 116 valence electrons. The van der Waals surface area contributed by atoms with Crippen LogP contribution in [0, 0.1) is 5.92 Å². The first-order valence-electron chi connectivity index (χ1n) is 8.60. The minimum absolute atomic E-state index is 0.786. The molecule has 0 radical (unpaired) electrons. The summed E-state index contributed by atoms with van der Waals surface area (Å²) < 4.78 is 0. The number of unbranched alkanes of at least 4 members (excludes halogenated alkanes) is 3. The summed E-state index contributed by atoms with van der Waals surface area (Å²) in [6.45, 7) is 16.4. The lowest BCUT2D eigenvalue weighted by atomic mass is 10.1. The highest BCUT2D eigenvalue weighted by Crippen LogP contribution is 2.13. The van der Waals surface area contributed by atoms with Gasteiger partial charge in [-0.3, -0.25) is 0 Å². The van der Waals surface area contributed by atoms with Gasteiger partial charge in [0.2, 0.25) is 0 Å². The summed E-state index contributed by atoms with van der Waals surface area (Å²) in [5.74, 6) is 0.786. The second kappa shape index (κ2) is 12.9. The van der Waals surface area contributed by atoms with Crippen LogP contribution in [0.1, 0.15) is 73.1 Å². The van der Waals surface area contributed by atoms with Gasteiger partial charge in [-0.1, -0.05) is 47.5 Å². The van der Waals surface area contributed by atoms with Crippen molar-refractivity contribution in [3.63, 3.8) is 0 Å². The molecule has 0 unspecified atom stereocenters. The molecule has 2 nitrogen and oxygen atoms in total. The fraction of sp³-hybridized carbons (Fsp3) is 1.00. The minimum atomic E-state index is 0.786. The monoisotopic (exact) mass is 270 g/mol. The molecule has 0 aliphatic carbocycles. The van der Waals surface area contributed by atoms with Crippen LogP contribution < -0.4 is 5.32 Å². The Hall–Kier alpha value is -0.0800. The smallest absolute Gasteiger partial charge is 0.00901 e. The van der Waals surface area contributed by atoms with E-state index in [9.17, 15) is 0 Å². The normalized spacial score (nSPS) is 12.0. The average molecular weight is 271 g/mol. The molecule has 0 rings (SSSR count). The van der Waals surface area contributed by atoms with E-state index in [1.54, 1.807) is 0 Å². The molecule has 0 fully saturated rings. The highest BCUT2D eigenvalue weighted by Gasteiger charge is 2.15. The fourth-order valence-electron chi connectivity index (χ4n) is 2.79. The molecule has 1 N–H and O–H groups in total. The first-order chi connectivity index (χ1) is 9.15. The SMILES string of the molecule is CCNCCCCCCN(CC(C)C)C(CC)CC. The van der Waals surface area contributed by atoms with Gasteiger partial charge in [0, 0.05) is 12.6 Å². The van der Waals surface area contributed by atoms with Gasteiger partial charge >= 0.3 is 0 Å². The van der Waals surface area contributed by atoms with Crippen molar-refractivity contribution in [1.29, 1.82) is 0 Å². The van der Waals surface area contributed by atoms with Crippen molar-refractivity contribution in [3.05, 3.63) is 0 Å². The summed E-state index contributed by atoms with van der Waals surface area (Å²) >= 11 is 0. The number of rotatable bonds is 13. The lowest BCUT2D eigenvalue weighted by Gasteiger charge is -2.32. The molecule has 0 aromatic rings. The lowest BCUT2D eigenvalue weighted by molar-refractivity contribution is 0.162. The van der Waals surface area contributed by atoms with Gasteiger partial charge in [-0.25, -0.2) is 0 Å². The maximum atomic E-state index is 3.40. The van der Waals surface area contributed by atoms with E-state index in [1.165, 1.54) is 58.2 Å². The Bertz CT molecular complexity index is 176. The molecule has 0 atom stereocenters. The highest BCUT2D eigenvalue weighted by molar-refractivity contribution is 4.70. The third kappa shape index (κ3) is 10.4. The Morgan fingerprint density at radius 2 is 1.53 bits per heavy atom. The van der Waals surface area contributed by atoms with Crippen molar-refractivity contribution in [1.82, 2.24) is 10.2 Å². The Kier molecular flexibility index (Phi) is 12.9. The lowest BCUT2D eigenvalue weighted by Crippen LogP contribution is -2.38. The standard InChI is InChI=1S/C17H38N2/c1-6-17(7-2)19(15-16(4)5)14-12-10-9-11-13-18-8-3/h16-18H,6-15H2,1-5H3. The van der Waals surface area contributed by atoms with Crippen molar-refractivity contribution < 1.29 is 0 Å². The molecule has 19 heavy (non-hydrogen) atoms. The maximum Gasteiger partial charge on any atom is 0.00901 e. The fourth-order valence-corrected chi connectivity index (χ4v) is 2.79. The topological polar surface area (TPSA) is 15.3 Å². The predicted octanol–water partition coefficient (Wildman–Crippen LogP) is 4.30. The highest BCUT2D eigenvalue weighted by atomic mass is 15.1. The van der Waals surface area contributed by atoms with E-state index < -0.39 is 0 Å². The molecule has 0 saturated heterocycles. The van der Waals surface area contributed by atoms with Gasteiger partial charge in [-0.2, -0.15) is 0 Å². The van der Waals surface area contributed by atoms with Gasteiger partial charge in [0.1, 0.15) is 0 Å². The van der Waals surface area contributed by atoms with E-state index in [1.807, 2.05) is 0 Å². The number of nitrogens with one attached hydrogen (secondary N) is 1. The average Bonchev–Trinajstić information content (AvgIpc) is 2.38. The van der Waals surface area contributed by atoms with Gasteiger partial charge in [-0.05, 0) is 51.2 Å². The Morgan fingerprint density at radius 3 is 2.05 bits per heavy atom. The Labute approximate surface area is 122 Å². The molecule has 0 heterocycles. The van der Waals surface area contributed by atoms with Crippen LogP contribution in [0.25, 0.3) is 0 Å². The summed E-state index contributed by atoms with van der Waals surface area (Å²) in [7, 11) is 0. The number of nitrogens with zero attached hydrogens (tertiary/aromatic N) is 1. The molecule has 0 aromatic carbocycles. The van der Waals surface area contributed by atoms with Gasteiger partial charge in [-0.15, -0.1) is 0 Å². The molecular formula is C17H38N2. The van der Waals surface area contributed by atoms with E-state index in [0.29, 0.717) is 0 Å². The van der Waals surface area contributed by atoms with E-state index in [2.05, 4.69) is 44.8 Å². The second-order valence-electron chi connectivity index (χ2n) is 6.13. The maximum absolute atomic E-state index is 3.40. The summed E-state index contributed by atoms with van der Waals surface area (Å²) in [5, 5.41) is 3.40. The van der Waals surface area contributed by atoms with Crippen LogP contribution in [-0.2, 0) is 0 Å². The van der Waals surface area contributed by atoms with Gasteiger partial charge in [0.15, 0.2) is 0 Å². The molecule has 2 heteroatoms. The predicted molar refractivity (Wildman–Crippen MR) is 87.8 cm³/mol. The van der Waals surface area contributed by atoms with Crippen LogP contribution in [0.4, 0.5) is 0 Å². The molecule has 0 aromatic heterocycles. The van der Waals surface area contributed by atoms with E-state index in [0.717, 1.165) is 18.5 Å². The Balaban J connectivity index is 3.79. The van der Waals surface area contributed by atoms with Crippen LogP contribution in [0.15, 0.2) is 0 Å². The van der Waals surface area contributed by atoms with Crippen LogP contribution in [0.3, 0.4) is 0 Å². The quantitative estimate of drug-likeness (QED) is 0.502. The van der Waals surface area contributed by atoms with Crippen molar-refractivity contribution >= 4 is 0 Å². The Morgan fingerprint density at radius 1 is 0.895 bits per heavy atom. The number of hydrogen-bond donors (Lipinski definition) is 1. The number of hydrogen-bond acceptors (Lipinski definition) is 2. The summed E-state index contributed by atoms with van der Waals surface area (Å²) in [6, 6.07) is 0.796. The van der Waals surface area contributed by atoms with E-state index in [4.69, 9.17) is 0 Å². The minimum Gasteiger partial charge on any atom is -0.317 e. The van der Waals surface area contributed by atoms with E-state index in [-0.39, 0.29) is 0 Å². The van der Waals surface area contributed by atoms with Crippen molar-refractivity contribution in [3.8, 4) is 0 Å². The molecule has 0 amide bonds. The van der Waals surface area contributed by atoms with Crippen molar-refractivity contribution in [2.24, 2.45) is 5.92 Å². The largest absolute Gasteiger partial charge is 0.317 e. The van der Waals surface area contributed by atoms with Crippen LogP contribution >= 0.6 is 0 Å². The third-order valence-corrected chi connectivity index (χ3v) is 3.86. The second-order valence-corrected chi connectivity index (χ2v) is 6.13. The summed E-state index contributed by atoms with van der Waals surface area (Å²) in [4.78, 5) is 2.73. The third-order valence-electron chi connectivity index (χ3n) is 3.86. The molecule has 0 spiro atoms. The van der Waals surface area contributed by atoms with Crippen LogP contribution in [0.2, 0.25) is 0 Å². The van der Waals surface area contributed by atoms with Crippen LogP contribution in [-0.4, -0.2) is 37.1 Å². The zero-order valence-corrected chi connectivity index (χ0v) is 14.2. The molecule has 0 bridgehead atoms.